The highest BCUT2D eigenvalue weighted by molar-refractivity contribution is 4.85. The number of hydrogen-bond donors (Lipinski definition) is 1. The molecular weight excluding hydrogens is 196 g/mol. The Morgan fingerprint density at radius 1 is 1.19 bits per heavy atom. The van der Waals surface area contributed by atoms with E-state index in [2.05, 4.69) is 38.3 Å². The van der Waals surface area contributed by atoms with E-state index in [4.69, 9.17) is 0 Å². The maximum absolute atomic E-state index is 3.37. The number of nitrogens with one attached hydrogen (secondary N) is 1. The van der Waals surface area contributed by atoms with Crippen LogP contribution < -0.4 is 5.32 Å². The summed E-state index contributed by atoms with van der Waals surface area (Å²) in [6.07, 6.45) is 8.54. The van der Waals surface area contributed by atoms with Crippen molar-refractivity contribution in [3.63, 3.8) is 0 Å². The lowest BCUT2D eigenvalue weighted by molar-refractivity contribution is 0.110. The Bertz CT molecular complexity index is 169. The molecule has 0 aromatic carbocycles. The molecule has 2 nitrogen and oxygen atoms in total. The highest BCUT2D eigenvalue weighted by Gasteiger charge is 2.30. The van der Waals surface area contributed by atoms with Crippen LogP contribution in [0.3, 0.4) is 0 Å². The van der Waals surface area contributed by atoms with Crippen molar-refractivity contribution in [3.8, 4) is 0 Å². The molecule has 96 valence electrons. The zero-order valence-corrected chi connectivity index (χ0v) is 11.6. The van der Waals surface area contributed by atoms with E-state index < -0.39 is 0 Å². The Morgan fingerprint density at radius 2 is 1.81 bits per heavy atom. The summed E-state index contributed by atoms with van der Waals surface area (Å²) >= 11 is 0. The molecule has 16 heavy (non-hydrogen) atoms. The second kappa shape index (κ2) is 7.29. The van der Waals surface area contributed by atoms with E-state index in [1.165, 1.54) is 38.5 Å². The zero-order chi connectivity index (χ0) is 12.0. The fourth-order valence-corrected chi connectivity index (χ4v) is 3.47. The SMILES string of the molecule is CCC(CNC)C(C1CCCCC1)N(C)C. The molecule has 2 heteroatoms. The third-order valence-corrected chi connectivity index (χ3v) is 4.20. The van der Waals surface area contributed by atoms with Crippen LogP contribution in [0.2, 0.25) is 0 Å². The molecule has 0 saturated heterocycles. The number of nitrogens with zero attached hydrogens (tertiary/aromatic N) is 1. The molecule has 0 aromatic rings. The monoisotopic (exact) mass is 226 g/mol. The molecule has 1 rings (SSSR count). The Balaban J connectivity index is 2.63. The van der Waals surface area contributed by atoms with Gasteiger partial charge in [0, 0.05) is 6.04 Å². The van der Waals surface area contributed by atoms with Gasteiger partial charge in [-0.2, -0.15) is 0 Å². The molecule has 1 aliphatic rings. The minimum Gasteiger partial charge on any atom is -0.319 e. The summed E-state index contributed by atoms with van der Waals surface area (Å²) in [6, 6.07) is 0.776. The molecule has 1 fully saturated rings. The smallest absolute Gasteiger partial charge is 0.0158 e. The van der Waals surface area contributed by atoms with Gasteiger partial charge >= 0.3 is 0 Å². The first-order valence-electron chi connectivity index (χ1n) is 7.01. The minimum absolute atomic E-state index is 0.776. The van der Waals surface area contributed by atoms with Gasteiger partial charge in [0.15, 0.2) is 0 Å². The van der Waals surface area contributed by atoms with Crippen LogP contribution in [0.4, 0.5) is 0 Å². The second-order valence-electron chi connectivity index (χ2n) is 5.58. The van der Waals surface area contributed by atoms with E-state index >= 15 is 0 Å². The van der Waals surface area contributed by atoms with Crippen molar-refractivity contribution in [2.75, 3.05) is 27.7 Å². The average Bonchev–Trinajstić information content (AvgIpc) is 2.29. The molecule has 0 heterocycles. The predicted octanol–water partition coefficient (Wildman–Crippen LogP) is 2.74. The summed E-state index contributed by atoms with van der Waals surface area (Å²) in [5, 5.41) is 3.37. The van der Waals surface area contributed by atoms with Crippen LogP contribution in [-0.4, -0.2) is 38.6 Å². The lowest BCUT2D eigenvalue weighted by Gasteiger charge is -2.40. The molecular formula is C14H30N2. The molecule has 1 N–H and O–H groups in total. The normalized spacial score (nSPS) is 22.3. The summed E-state index contributed by atoms with van der Waals surface area (Å²) in [5.41, 5.74) is 0. The van der Waals surface area contributed by atoms with E-state index in [-0.39, 0.29) is 0 Å². The van der Waals surface area contributed by atoms with Gasteiger partial charge in [0.1, 0.15) is 0 Å². The average molecular weight is 226 g/mol. The van der Waals surface area contributed by atoms with Gasteiger partial charge in [0.05, 0.1) is 0 Å². The number of rotatable bonds is 6. The molecule has 2 unspecified atom stereocenters. The highest BCUT2D eigenvalue weighted by atomic mass is 15.1. The molecule has 0 aromatic heterocycles. The van der Waals surface area contributed by atoms with Crippen molar-refractivity contribution < 1.29 is 0 Å². The molecule has 1 saturated carbocycles. The van der Waals surface area contributed by atoms with Crippen LogP contribution in [0, 0.1) is 11.8 Å². The molecule has 0 amide bonds. The van der Waals surface area contributed by atoms with E-state index in [0.29, 0.717) is 0 Å². The molecule has 0 spiro atoms. The van der Waals surface area contributed by atoms with Crippen molar-refractivity contribution in [1.82, 2.24) is 10.2 Å². The van der Waals surface area contributed by atoms with Gasteiger partial charge in [-0.25, -0.2) is 0 Å². The zero-order valence-electron chi connectivity index (χ0n) is 11.6. The molecule has 0 aliphatic heterocycles. The van der Waals surface area contributed by atoms with Crippen molar-refractivity contribution in [2.24, 2.45) is 11.8 Å². The van der Waals surface area contributed by atoms with Crippen LogP contribution in [0.25, 0.3) is 0 Å². The summed E-state index contributed by atoms with van der Waals surface area (Å²) in [4.78, 5) is 2.47. The van der Waals surface area contributed by atoms with Crippen LogP contribution in [0.1, 0.15) is 45.4 Å². The Morgan fingerprint density at radius 3 is 2.25 bits per heavy atom. The minimum atomic E-state index is 0.776. The first kappa shape index (κ1) is 14.0. The first-order chi connectivity index (χ1) is 7.70. The van der Waals surface area contributed by atoms with Crippen LogP contribution in [-0.2, 0) is 0 Å². The van der Waals surface area contributed by atoms with Gasteiger partial charge in [0.25, 0.3) is 0 Å². The van der Waals surface area contributed by atoms with Crippen molar-refractivity contribution in [2.45, 2.75) is 51.5 Å². The van der Waals surface area contributed by atoms with Gasteiger partial charge in [-0.05, 0) is 52.4 Å². The maximum atomic E-state index is 3.37. The van der Waals surface area contributed by atoms with E-state index in [1.54, 1.807) is 0 Å². The summed E-state index contributed by atoms with van der Waals surface area (Å²) in [6.45, 7) is 3.50. The molecule has 0 radical (unpaired) electrons. The Hall–Kier alpha value is -0.0800. The van der Waals surface area contributed by atoms with Gasteiger partial charge < -0.3 is 10.2 Å². The molecule has 1 aliphatic carbocycles. The van der Waals surface area contributed by atoms with E-state index in [1.807, 2.05) is 0 Å². The summed E-state index contributed by atoms with van der Waals surface area (Å²) in [5.74, 6) is 1.74. The lowest BCUT2D eigenvalue weighted by Crippen LogP contribution is -2.45. The fourth-order valence-electron chi connectivity index (χ4n) is 3.47. The predicted molar refractivity (Wildman–Crippen MR) is 71.8 cm³/mol. The van der Waals surface area contributed by atoms with Gasteiger partial charge in [-0.15, -0.1) is 0 Å². The van der Waals surface area contributed by atoms with E-state index in [9.17, 15) is 0 Å². The molecule has 2 atom stereocenters. The van der Waals surface area contributed by atoms with E-state index in [0.717, 1.165) is 24.4 Å². The Kier molecular flexibility index (Phi) is 6.37. The van der Waals surface area contributed by atoms with Crippen molar-refractivity contribution >= 4 is 0 Å². The Labute approximate surface area is 102 Å². The summed E-state index contributed by atoms with van der Waals surface area (Å²) < 4.78 is 0. The maximum Gasteiger partial charge on any atom is 0.0158 e. The van der Waals surface area contributed by atoms with Crippen LogP contribution in [0.15, 0.2) is 0 Å². The largest absolute Gasteiger partial charge is 0.319 e. The fraction of sp³-hybridized carbons (Fsp3) is 1.00. The third-order valence-electron chi connectivity index (χ3n) is 4.20. The third kappa shape index (κ3) is 3.74. The van der Waals surface area contributed by atoms with Gasteiger partial charge in [0.2, 0.25) is 0 Å². The van der Waals surface area contributed by atoms with Gasteiger partial charge in [-0.3, -0.25) is 0 Å². The number of hydrogen-bond acceptors (Lipinski definition) is 2. The lowest BCUT2D eigenvalue weighted by atomic mass is 9.77. The standard InChI is InChI=1S/C14H30N2/c1-5-12(11-15-2)14(16(3)4)13-9-7-6-8-10-13/h12-15H,5-11H2,1-4H3. The van der Waals surface area contributed by atoms with Crippen molar-refractivity contribution in [3.05, 3.63) is 0 Å². The molecule has 0 bridgehead atoms. The van der Waals surface area contributed by atoms with Crippen molar-refractivity contribution in [1.29, 1.82) is 0 Å². The van der Waals surface area contributed by atoms with Crippen LogP contribution in [0.5, 0.6) is 0 Å². The van der Waals surface area contributed by atoms with Gasteiger partial charge in [-0.1, -0.05) is 32.6 Å². The first-order valence-corrected chi connectivity index (χ1v) is 7.01. The second-order valence-corrected chi connectivity index (χ2v) is 5.58. The topological polar surface area (TPSA) is 15.3 Å². The summed E-state index contributed by atoms with van der Waals surface area (Å²) in [7, 11) is 6.60. The van der Waals surface area contributed by atoms with Crippen LogP contribution >= 0.6 is 0 Å². The quantitative estimate of drug-likeness (QED) is 0.749. The highest BCUT2D eigenvalue weighted by Crippen LogP contribution is 2.32.